The second-order valence-electron chi connectivity index (χ2n) is 5.48. The van der Waals surface area contributed by atoms with Crippen molar-refractivity contribution in [3.63, 3.8) is 0 Å². The number of nitrogens with zero attached hydrogens (tertiary/aromatic N) is 4. The van der Waals surface area contributed by atoms with Crippen molar-refractivity contribution in [1.29, 1.82) is 0 Å². The van der Waals surface area contributed by atoms with Gasteiger partial charge in [0, 0.05) is 18.2 Å². The van der Waals surface area contributed by atoms with Crippen LogP contribution >= 0.6 is 0 Å². The molecule has 0 amide bonds. The Labute approximate surface area is 160 Å². The molecule has 3 rings (SSSR count). The first kappa shape index (κ1) is 19.3. The molecule has 148 valence electrons. The fraction of sp³-hybridized carbons (Fsp3) is 0. The third-order valence-electron chi connectivity index (χ3n) is 3.59. The summed E-state index contributed by atoms with van der Waals surface area (Å²) in [6, 6.07) is 7.80. The van der Waals surface area contributed by atoms with E-state index in [0.29, 0.717) is 5.69 Å². The van der Waals surface area contributed by atoms with E-state index >= 15 is 0 Å². The Hall–Kier alpha value is -4.42. The second-order valence-corrected chi connectivity index (χ2v) is 5.48. The number of rotatable bonds is 7. The van der Waals surface area contributed by atoms with Crippen molar-refractivity contribution in [2.24, 2.45) is 0 Å². The van der Waals surface area contributed by atoms with E-state index in [-0.39, 0.29) is 23.0 Å². The van der Waals surface area contributed by atoms with Crippen molar-refractivity contribution in [2.45, 2.75) is 0 Å². The zero-order valence-electron chi connectivity index (χ0n) is 14.3. The van der Waals surface area contributed by atoms with E-state index in [1.807, 2.05) is 0 Å². The van der Waals surface area contributed by atoms with Crippen LogP contribution < -0.4 is 16.2 Å². The average Bonchev–Trinajstić information content (AvgIpc) is 2.69. The average molecular weight is 403 g/mol. The van der Waals surface area contributed by atoms with Gasteiger partial charge in [-0.1, -0.05) is 0 Å². The maximum atomic E-state index is 13.8. The predicted octanol–water partition coefficient (Wildman–Crippen LogP) is 3.75. The van der Waals surface area contributed by atoms with E-state index in [1.165, 1.54) is 24.3 Å². The highest BCUT2D eigenvalue weighted by molar-refractivity contribution is 5.74. The highest BCUT2D eigenvalue weighted by Gasteiger charge is 2.24. The summed E-state index contributed by atoms with van der Waals surface area (Å²) < 4.78 is 27.2. The summed E-state index contributed by atoms with van der Waals surface area (Å²) >= 11 is 0. The highest BCUT2D eigenvalue weighted by atomic mass is 19.1. The van der Waals surface area contributed by atoms with Crippen LogP contribution in [0.3, 0.4) is 0 Å². The van der Waals surface area contributed by atoms with Gasteiger partial charge in [0.15, 0.2) is 0 Å². The minimum atomic E-state index is -0.835. The molecule has 0 radical (unpaired) electrons. The lowest BCUT2D eigenvalue weighted by Gasteiger charge is -2.12. The molecule has 0 aliphatic carbocycles. The lowest BCUT2D eigenvalue weighted by atomic mass is 10.3. The van der Waals surface area contributed by atoms with E-state index in [1.54, 1.807) is 0 Å². The normalized spacial score (nSPS) is 10.3. The molecule has 13 heteroatoms. The molecule has 0 atom stereocenters. The minimum Gasteiger partial charge on any atom is -0.332 e. The minimum absolute atomic E-state index is 0.132. The topological polar surface area (TPSA) is 148 Å². The van der Waals surface area contributed by atoms with Gasteiger partial charge in [-0.25, -0.2) is 18.7 Å². The molecule has 0 fully saturated rings. The molecule has 0 saturated carbocycles. The van der Waals surface area contributed by atoms with Gasteiger partial charge in [0.1, 0.15) is 18.0 Å². The van der Waals surface area contributed by atoms with E-state index in [9.17, 15) is 29.0 Å². The van der Waals surface area contributed by atoms with E-state index in [4.69, 9.17) is 0 Å². The van der Waals surface area contributed by atoms with E-state index < -0.39 is 27.2 Å². The number of anilines is 4. The molecular formula is C16H11F2N7O4. The van der Waals surface area contributed by atoms with Gasteiger partial charge in [0.05, 0.1) is 21.2 Å². The van der Waals surface area contributed by atoms with Crippen LogP contribution in [0.15, 0.2) is 48.8 Å². The summed E-state index contributed by atoms with van der Waals surface area (Å²) in [4.78, 5) is 28.3. The molecule has 0 saturated heterocycles. The van der Waals surface area contributed by atoms with Crippen LogP contribution in [-0.4, -0.2) is 19.8 Å². The third kappa shape index (κ3) is 4.47. The zero-order chi connectivity index (χ0) is 21.0. The fourth-order valence-electron chi connectivity index (χ4n) is 2.25. The number of hydrogen-bond donors (Lipinski definition) is 3. The molecule has 11 nitrogen and oxygen atoms in total. The van der Waals surface area contributed by atoms with E-state index in [0.717, 1.165) is 24.5 Å². The van der Waals surface area contributed by atoms with Gasteiger partial charge >= 0.3 is 5.69 Å². The number of aromatic nitrogens is 2. The van der Waals surface area contributed by atoms with Crippen molar-refractivity contribution in [3.05, 3.63) is 80.7 Å². The van der Waals surface area contributed by atoms with Crippen LogP contribution in [0.25, 0.3) is 0 Å². The maximum absolute atomic E-state index is 13.8. The largest absolute Gasteiger partial charge is 0.355 e. The first-order valence-electron chi connectivity index (χ1n) is 7.83. The standard InChI is InChI=1S/C16H11F2N7O4/c17-9-1-6-12(18)13(7-9)21-15-14(25(28)29)16(20-8-19-15)23-22-10-2-4-11(5-3-10)24(26)27/h1-8,22H,(H2,19,20,21,23). The monoisotopic (exact) mass is 403 g/mol. The van der Waals surface area contributed by atoms with Gasteiger partial charge in [-0.15, -0.1) is 0 Å². The molecule has 0 bridgehead atoms. The molecule has 2 aromatic carbocycles. The maximum Gasteiger partial charge on any atom is 0.355 e. The van der Waals surface area contributed by atoms with Gasteiger partial charge in [-0.05, 0) is 24.3 Å². The Morgan fingerprint density at radius 3 is 2.21 bits per heavy atom. The summed E-state index contributed by atoms with van der Waals surface area (Å²) in [5, 5.41) is 24.5. The number of nitro groups is 2. The number of benzene rings is 2. The SMILES string of the molecule is O=[N+]([O-])c1ccc(NNc2ncnc(Nc3cc(F)ccc3F)c2[N+](=O)[O-])cc1. The van der Waals surface area contributed by atoms with Crippen molar-refractivity contribution >= 4 is 34.4 Å². The summed E-state index contributed by atoms with van der Waals surface area (Å²) in [7, 11) is 0. The van der Waals surface area contributed by atoms with Crippen molar-refractivity contribution < 1.29 is 18.6 Å². The highest BCUT2D eigenvalue weighted by Crippen LogP contribution is 2.32. The van der Waals surface area contributed by atoms with Crippen LogP contribution in [-0.2, 0) is 0 Å². The number of halogens is 2. The number of nitro benzene ring substituents is 1. The molecule has 1 heterocycles. The number of non-ortho nitro benzene ring substituents is 1. The van der Waals surface area contributed by atoms with Crippen LogP contribution in [0.2, 0.25) is 0 Å². The third-order valence-corrected chi connectivity index (χ3v) is 3.59. The Balaban J connectivity index is 1.85. The summed E-state index contributed by atoms with van der Waals surface area (Å²) in [5.74, 6) is -2.23. The van der Waals surface area contributed by atoms with Crippen LogP contribution in [0.5, 0.6) is 0 Å². The summed E-state index contributed by atoms with van der Waals surface area (Å²) in [6.07, 6.45) is 0.979. The van der Waals surface area contributed by atoms with Gasteiger partial charge in [-0.3, -0.25) is 31.1 Å². The number of hydrogen-bond acceptors (Lipinski definition) is 9. The van der Waals surface area contributed by atoms with Crippen LogP contribution in [0, 0.1) is 31.9 Å². The predicted molar refractivity (Wildman–Crippen MR) is 98.7 cm³/mol. The molecule has 29 heavy (non-hydrogen) atoms. The van der Waals surface area contributed by atoms with Gasteiger partial charge in [0.2, 0.25) is 11.6 Å². The Morgan fingerprint density at radius 1 is 0.862 bits per heavy atom. The molecular weight excluding hydrogens is 392 g/mol. The number of hydrazine groups is 1. The van der Waals surface area contributed by atoms with Gasteiger partial charge in [0.25, 0.3) is 5.69 Å². The molecule has 3 N–H and O–H groups in total. The Morgan fingerprint density at radius 2 is 1.55 bits per heavy atom. The second kappa shape index (κ2) is 8.08. The smallest absolute Gasteiger partial charge is 0.332 e. The van der Waals surface area contributed by atoms with Crippen molar-refractivity contribution in [2.75, 3.05) is 16.2 Å². The van der Waals surface area contributed by atoms with Crippen molar-refractivity contribution in [3.8, 4) is 0 Å². The summed E-state index contributed by atoms with van der Waals surface area (Å²) in [5.41, 5.74) is 4.34. The van der Waals surface area contributed by atoms with Crippen LogP contribution in [0.1, 0.15) is 0 Å². The van der Waals surface area contributed by atoms with Gasteiger partial charge in [-0.2, -0.15) is 0 Å². The van der Waals surface area contributed by atoms with Crippen molar-refractivity contribution in [1.82, 2.24) is 9.97 Å². The Kier molecular flexibility index (Phi) is 5.39. The number of nitrogens with one attached hydrogen (secondary N) is 3. The first-order valence-corrected chi connectivity index (χ1v) is 7.83. The lowest BCUT2D eigenvalue weighted by molar-refractivity contribution is -0.384. The fourth-order valence-corrected chi connectivity index (χ4v) is 2.25. The molecule has 0 aliphatic heterocycles. The van der Waals surface area contributed by atoms with Gasteiger partial charge < -0.3 is 5.32 Å². The summed E-state index contributed by atoms with van der Waals surface area (Å²) in [6.45, 7) is 0. The molecule has 1 aromatic heterocycles. The molecule has 3 aromatic rings. The first-order chi connectivity index (χ1) is 13.8. The molecule has 0 spiro atoms. The molecule has 0 aliphatic rings. The van der Waals surface area contributed by atoms with Crippen LogP contribution in [0.4, 0.5) is 43.2 Å². The quantitative estimate of drug-likeness (QED) is 0.396. The zero-order valence-corrected chi connectivity index (χ0v) is 14.3. The lowest BCUT2D eigenvalue weighted by Crippen LogP contribution is -2.13. The Bertz CT molecular complexity index is 1080. The van der Waals surface area contributed by atoms with E-state index in [2.05, 4.69) is 26.1 Å². The molecule has 0 unspecified atom stereocenters.